The molecule has 1 heterocycles. The Morgan fingerprint density at radius 1 is 0.481 bits per heavy atom. The lowest BCUT2D eigenvalue weighted by atomic mass is 10.5. The second-order valence-electron chi connectivity index (χ2n) is 6.65. The molecule has 1 aliphatic heterocycles. The molecule has 1 rings (SSSR count). The molecule has 1 fully saturated rings. The van der Waals surface area contributed by atoms with E-state index in [0.29, 0.717) is 19.3 Å². The zero-order valence-electron chi connectivity index (χ0n) is 16.5. The van der Waals surface area contributed by atoms with Gasteiger partial charge in [0.25, 0.3) is 0 Å². The van der Waals surface area contributed by atoms with Gasteiger partial charge in [0.15, 0.2) is 0 Å². The normalized spacial score (nSPS) is 20.1. The third kappa shape index (κ3) is 7.24. The largest absolute Gasteiger partial charge is 0.214 e. The van der Waals surface area contributed by atoms with Crippen molar-refractivity contribution in [2.24, 2.45) is 0 Å². The molecule has 0 aromatic carbocycles. The summed E-state index contributed by atoms with van der Waals surface area (Å²) in [6, 6.07) is 0. The predicted molar refractivity (Wildman–Crippen MR) is 107 cm³/mol. The molecule has 0 spiro atoms. The van der Waals surface area contributed by atoms with Gasteiger partial charge in [-0.15, -0.1) is 0 Å². The van der Waals surface area contributed by atoms with Crippen LogP contribution in [0.2, 0.25) is 0 Å². The fourth-order valence-corrected chi connectivity index (χ4v) is 7.48. The Labute approximate surface area is 164 Å². The number of rotatable bonds is 9. The molecule has 9 nitrogen and oxygen atoms in total. The Balaban J connectivity index is 3.19. The monoisotopic (exact) mass is 447 g/mol. The highest BCUT2D eigenvalue weighted by Gasteiger charge is 2.31. The van der Waals surface area contributed by atoms with Crippen molar-refractivity contribution in [2.45, 2.75) is 40.0 Å². The van der Waals surface area contributed by atoms with Crippen molar-refractivity contribution in [1.29, 1.82) is 0 Å². The molecule has 1 saturated heterocycles. The van der Waals surface area contributed by atoms with E-state index in [4.69, 9.17) is 0 Å². The number of sulfonamides is 3. The minimum atomic E-state index is -3.56. The second-order valence-corrected chi connectivity index (χ2v) is 12.9. The summed E-state index contributed by atoms with van der Waals surface area (Å²) in [6.45, 7) is 5.47. The van der Waals surface area contributed by atoms with Crippen molar-refractivity contribution in [1.82, 2.24) is 12.9 Å². The highest BCUT2D eigenvalue weighted by molar-refractivity contribution is 7.89. The number of hydrogen-bond acceptors (Lipinski definition) is 6. The summed E-state index contributed by atoms with van der Waals surface area (Å²) in [5, 5.41) is 0. The number of nitrogens with zero attached hydrogens (tertiary/aromatic N) is 3. The third-order valence-corrected chi connectivity index (χ3v) is 10.6. The molecule has 0 aromatic rings. The van der Waals surface area contributed by atoms with E-state index in [1.54, 1.807) is 20.8 Å². The Kier molecular flexibility index (Phi) is 9.62. The minimum absolute atomic E-state index is 0.0347. The third-order valence-electron chi connectivity index (χ3n) is 4.36. The SMILES string of the molecule is CCCS(=O)(=O)N1CCN(S(=O)(=O)CCC)CCN(S(=O)(=O)CCC)CC1. The highest BCUT2D eigenvalue weighted by Crippen LogP contribution is 2.13. The Hall–Kier alpha value is -0.270. The predicted octanol–water partition coefficient (Wildman–Crippen LogP) is 0.125. The molecule has 1 aliphatic rings. The van der Waals surface area contributed by atoms with Crippen molar-refractivity contribution >= 4 is 30.1 Å². The van der Waals surface area contributed by atoms with Crippen LogP contribution in [0.5, 0.6) is 0 Å². The first-order valence-corrected chi connectivity index (χ1v) is 14.3. The maximum Gasteiger partial charge on any atom is 0.214 e. The Bertz CT molecular complexity index is 648. The highest BCUT2D eigenvalue weighted by atomic mass is 32.2. The summed E-state index contributed by atoms with van der Waals surface area (Å²) in [6.07, 6.45) is 1.32. The molecule has 12 heteroatoms. The summed E-state index contributed by atoms with van der Waals surface area (Å²) in [7, 11) is -10.7. The van der Waals surface area contributed by atoms with Gasteiger partial charge in [-0.25, -0.2) is 25.3 Å². The molecule has 0 saturated carbocycles. The van der Waals surface area contributed by atoms with Crippen LogP contribution < -0.4 is 0 Å². The molecule has 0 atom stereocenters. The van der Waals surface area contributed by atoms with Crippen molar-refractivity contribution in [2.75, 3.05) is 56.5 Å². The van der Waals surface area contributed by atoms with Crippen molar-refractivity contribution in [3.8, 4) is 0 Å². The first kappa shape index (κ1) is 24.8. The van der Waals surface area contributed by atoms with Crippen LogP contribution in [-0.2, 0) is 30.1 Å². The van der Waals surface area contributed by atoms with E-state index in [2.05, 4.69) is 0 Å². The lowest BCUT2D eigenvalue weighted by molar-refractivity contribution is 0.364. The fourth-order valence-electron chi connectivity index (χ4n) is 3.00. The average molecular weight is 448 g/mol. The van der Waals surface area contributed by atoms with Crippen LogP contribution in [0, 0.1) is 0 Å². The van der Waals surface area contributed by atoms with Crippen molar-refractivity contribution in [3.63, 3.8) is 0 Å². The fraction of sp³-hybridized carbons (Fsp3) is 1.00. The van der Waals surface area contributed by atoms with Crippen LogP contribution in [0.4, 0.5) is 0 Å². The van der Waals surface area contributed by atoms with Crippen LogP contribution >= 0.6 is 0 Å². The summed E-state index contributed by atoms with van der Waals surface area (Å²) >= 11 is 0. The van der Waals surface area contributed by atoms with Gasteiger partial charge in [-0.05, 0) is 19.3 Å². The first-order chi connectivity index (χ1) is 12.5. The molecule has 0 amide bonds. The lowest BCUT2D eigenvalue weighted by Crippen LogP contribution is -2.42. The van der Waals surface area contributed by atoms with E-state index in [-0.39, 0.29) is 56.5 Å². The first-order valence-electron chi connectivity index (χ1n) is 9.43. The van der Waals surface area contributed by atoms with Crippen LogP contribution in [0.15, 0.2) is 0 Å². The van der Waals surface area contributed by atoms with Gasteiger partial charge in [0.1, 0.15) is 0 Å². The number of hydrogen-bond donors (Lipinski definition) is 0. The van der Waals surface area contributed by atoms with Crippen molar-refractivity contribution < 1.29 is 25.3 Å². The van der Waals surface area contributed by atoms with Gasteiger partial charge in [-0.1, -0.05) is 20.8 Å². The van der Waals surface area contributed by atoms with Crippen LogP contribution in [-0.4, -0.2) is 94.7 Å². The molecule has 0 aliphatic carbocycles. The Morgan fingerprint density at radius 2 is 0.667 bits per heavy atom. The van der Waals surface area contributed by atoms with Gasteiger partial charge in [0.05, 0.1) is 17.3 Å². The van der Waals surface area contributed by atoms with Gasteiger partial charge < -0.3 is 0 Å². The Morgan fingerprint density at radius 3 is 0.815 bits per heavy atom. The summed E-state index contributed by atoms with van der Waals surface area (Å²) < 4.78 is 78.8. The molecule has 0 bridgehead atoms. The maximum absolute atomic E-state index is 12.5. The zero-order valence-corrected chi connectivity index (χ0v) is 19.0. The molecule has 27 heavy (non-hydrogen) atoms. The van der Waals surface area contributed by atoms with E-state index in [1.807, 2.05) is 0 Å². The second kappa shape index (κ2) is 10.5. The van der Waals surface area contributed by atoms with Crippen molar-refractivity contribution in [3.05, 3.63) is 0 Å². The minimum Gasteiger partial charge on any atom is -0.212 e. The van der Waals surface area contributed by atoms with Gasteiger partial charge in [-0.3, -0.25) is 0 Å². The van der Waals surface area contributed by atoms with E-state index in [1.165, 1.54) is 12.9 Å². The molecular weight excluding hydrogens is 414 g/mol. The summed E-state index contributed by atoms with van der Waals surface area (Å²) in [5.41, 5.74) is 0. The topological polar surface area (TPSA) is 112 Å². The van der Waals surface area contributed by atoms with E-state index < -0.39 is 30.1 Å². The van der Waals surface area contributed by atoms with Gasteiger partial charge in [0.2, 0.25) is 30.1 Å². The molecule has 0 radical (unpaired) electrons. The van der Waals surface area contributed by atoms with E-state index in [9.17, 15) is 25.3 Å². The van der Waals surface area contributed by atoms with Crippen LogP contribution in [0.25, 0.3) is 0 Å². The van der Waals surface area contributed by atoms with Gasteiger partial charge >= 0.3 is 0 Å². The van der Waals surface area contributed by atoms with Crippen LogP contribution in [0.3, 0.4) is 0 Å². The molecule has 0 N–H and O–H groups in total. The van der Waals surface area contributed by atoms with E-state index >= 15 is 0 Å². The van der Waals surface area contributed by atoms with Gasteiger partial charge in [0, 0.05) is 39.3 Å². The maximum atomic E-state index is 12.5. The van der Waals surface area contributed by atoms with E-state index in [0.717, 1.165) is 0 Å². The van der Waals surface area contributed by atoms with Crippen LogP contribution in [0.1, 0.15) is 40.0 Å². The molecule has 0 unspecified atom stereocenters. The lowest BCUT2D eigenvalue weighted by Gasteiger charge is -2.25. The summed E-state index contributed by atoms with van der Waals surface area (Å²) in [4.78, 5) is 0. The smallest absolute Gasteiger partial charge is 0.212 e. The summed E-state index contributed by atoms with van der Waals surface area (Å²) in [5.74, 6) is -0.136. The van der Waals surface area contributed by atoms with Gasteiger partial charge in [-0.2, -0.15) is 12.9 Å². The molecular formula is C15H33N3O6S3. The molecule has 0 aromatic heterocycles. The zero-order chi connectivity index (χ0) is 20.7. The average Bonchev–Trinajstić information content (AvgIpc) is 2.65. The quantitative estimate of drug-likeness (QED) is 0.496. The standard InChI is InChI=1S/C15H33N3O6S3/c1-4-13-25(19,20)16-7-9-17(26(21,22)14-5-2)11-12-18(10-8-16)27(23,24)15-6-3/h4-15H2,1-3H3. The molecule has 162 valence electrons.